The van der Waals surface area contributed by atoms with Crippen LogP contribution in [0.15, 0.2) is 35.1 Å². The quantitative estimate of drug-likeness (QED) is 0.544. The number of benzene rings is 2. The van der Waals surface area contributed by atoms with E-state index in [2.05, 4.69) is 10.2 Å². The number of aromatic amines is 1. The summed E-state index contributed by atoms with van der Waals surface area (Å²) in [6, 6.07) is 8.88. The van der Waals surface area contributed by atoms with E-state index in [-0.39, 0.29) is 24.4 Å². The first-order chi connectivity index (χ1) is 13.3. The molecule has 3 aromatic rings. The number of nitrogens with one attached hydrogen (secondary N) is 1. The van der Waals surface area contributed by atoms with E-state index in [0.717, 1.165) is 22.3 Å². The minimum Gasteiger partial charge on any atom is -0.457 e. The number of aryl methyl sites for hydroxylation is 2. The molecule has 1 aromatic heterocycles. The fourth-order valence-corrected chi connectivity index (χ4v) is 3.43. The van der Waals surface area contributed by atoms with Crippen LogP contribution < -0.4 is 5.56 Å². The Kier molecular flexibility index (Phi) is 5.40. The van der Waals surface area contributed by atoms with E-state index in [4.69, 9.17) is 4.74 Å². The highest BCUT2D eigenvalue weighted by molar-refractivity contribution is 6.01. The molecule has 0 atom stereocenters. The lowest BCUT2D eigenvalue weighted by atomic mass is 9.92. The second-order valence-electron chi connectivity index (χ2n) is 6.94. The van der Waals surface area contributed by atoms with Crippen LogP contribution in [0.2, 0.25) is 0 Å². The molecule has 1 heterocycles. The van der Waals surface area contributed by atoms with Crippen molar-refractivity contribution in [1.82, 2.24) is 10.2 Å². The van der Waals surface area contributed by atoms with Gasteiger partial charge in [-0.3, -0.25) is 14.4 Å². The van der Waals surface area contributed by atoms with Gasteiger partial charge in [-0.25, -0.2) is 5.10 Å². The van der Waals surface area contributed by atoms with Crippen molar-refractivity contribution in [1.29, 1.82) is 0 Å². The highest BCUT2D eigenvalue weighted by Gasteiger charge is 2.18. The van der Waals surface area contributed by atoms with Crippen molar-refractivity contribution in [2.75, 3.05) is 6.61 Å². The van der Waals surface area contributed by atoms with Crippen molar-refractivity contribution in [3.05, 3.63) is 74.2 Å². The maximum atomic E-state index is 12.6. The van der Waals surface area contributed by atoms with Crippen molar-refractivity contribution in [2.24, 2.45) is 0 Å². The van der Waals surface area contributed by atoms with Gasteiger partial charge >= 0.3 is 5.97 Å². The number of esters is 1. The molecule has 0 spiro atoms. The number of ether oxygens (including phenoxy) is 1. The van der Waals surface area contributed by atoms with Gasteiger partial charge in [0.1, 0.15) is 0 Å². The Bertz CT molecular complexity index is 1150. The van der Waals surface area contributed by atoms with Crippen LogP contribution >= 0.6 is 0 Å². The van der Waals surface area contributed by atoms with E-state index in [9.17, 15) is 14.4 Å². The monoisotopic (exact) mass is 378 g/mol. The molecule has 28 heavy (non-hydrogen) atoms. The molecule has 0 aliphatic carbocycles. The maximum Gasteiger partial charge on any atom is 0.312 e. The molecule has 0 aliphatic heterocycles. The molecular formula is C22H22N2O4. The van der Waals surface area contributed by atoms with Gasteiger partial charge in [0, 0.05) is 10.9 Å². The van der Waals surface area contributed by atoms with E-state index >= 15 is 0 Å². The second kappa shape index (κ2) is 7.76. The zero-order valence-corrected chi connectivity index (χ0v) is 16.4. The molecule has 0 amide bonds. The number of H-pyrrole nitrogens is 1. The van der Waals surface area contributed by atoms with Crippen LogP contribution in [-0.4, -0.2) is 28.6 Å². The Labute approximate surface area is 162 Å². The largest absolute Gasteiger partial charge is 0.457 e. The SMILES string of the molecule is Cc1cc(C)c(C(=O)COC(=O)Cc2n[nH]c(=O)c3ccccc23)c(C)c1C. The summed E-state index contributed by atoms with van der Waals surface area (Å²) in [5, 5.41) is 7.39. The van der Waals surface area contributed by atoms with Gasteiger partial charge < -0.3 is 4.74 Å². The van der Waals surface area contributed by atoms with Gasteiger partial charge in [0.05, 0.1) is 17.5 Å². The Morgan fingerprint density at radius 3 is 2.39 bits per heavy atom. The topological polar surface area (TPSA) is 89.1 Å². The molecule has 1 N–H and O–H groups in total. The molecule has 0 saturated carbocycles. The number of hydrogen-bond acceptors (Lipinski definition) is 5. The summed E-state index contributed by atoms with van der Waals surface area (Å²) in [5.41, 5.74) is 4.66. The molecule has 3 rings (SSSR count). The fourth-order valence-electron chi connectivity index (χ4n) is 3.43. The Morgan fingerprint density at radius 2 is 1.68 bits per heavy atom. The van der Waals surface area contributed by atoms with Gasteiger partial charge in [0.15, 0.2) is 6.61 Å². The summed E-state index contributed by atoms with van der Waals surface area (Å²) in [6.07, 6.45) is -0.130. The summed E-state index contributed by atoms with van der Waals surface area (Å²) >= 11 is 0. The number of rotatable bonds is 5. The molecule has 6 nitrogen and oxygen atoms in total. The Morgan fingerprint density at radius 1 is 1.00 bits per heavy atom. The van der Waals surface area contributed by atoms with Crippen molar-refractivity contribution in [3.8, 4) is 0 Å². The molecular weight excluding hydrogens is 356 g/mol. The first-order valence-corrected chi connectivity index (χ1v) is 9.02. The number of ketones is 1. The van der Waals surface area contributed by atoms with Gasteiger partial charge in [0.25, 0.3) is 5.56 Å². The predicted octanol–water partition coefficient (Wildman–Crippen LogP) is 3.13. The summed E-state index contributed by atoms with van der Waals surface area (Å²) in [5.74, 6) is -0.803. The number of hydrogen-bond donors (Lipinski definition) is 1. The highest BCUT2D eigenvalue weighted by Crippen LogP contribution is 2.22. The molecule has 0 radical (unpaired) electrons. The smallest absolute Gasteiger partial charge is 0.312 e. The normalized spacial score (nSPS) is 10.9. The molecule has 0 fully saturated rings. The van der Waals surface area contributed by atoms with E-state index in [1.807, 2.05) is 33.8 Å². The minimum atomic E-state index is -0.572. The average Bonchev–Trinajstić information content (AvgIpc) is 2.67. The van der Waals surface area contributed by atoms with Crippen LogP contribution in [0, 0.1) is 27.7 Å². The number of aromatic nitrogens is 2. The number of fused-ring (bicyclic) bond motifs is 1. The predicted molar refractivity (Wildman–Crippen MR) is 107 cm³/mol. The Hall–Kier alpha value is -3.28. The van der Waals surface area contributed by atoms with Crippen molar-refractivity contribution in [3.63, 3.8) is 0 Å². The van der Waals surface area contributed by atoms with Gasteiger partial charge in [-0.2, -0.15) is 5.10 Å². The van der Waals surface area contributed by atoms with Crippen LogP contribution in [0.1, 0.15) is 38.3 Å². The van der Waals surface area contributed by atoms with Crippen molar-refractivity contribution < 1.29 is 14.3 Å². The van der Waals surface area contributed by atoms with Gasteiger partial charge in [0.2, 0.25) is 5.78 Å². The van der Waals surface area contributed by atoms with Crippen LogP contribution in [0.4, 0.5) is 0 Å². The van der Waals surface area contributed by atoms with Gasteiger partial charge in [-0.05, 0) is 56.0 Å². The molecule has 0 saturated heterocycles. The molecule has 0 bridgehead atoms. The lowest BCUT2D eigenvalue weighted by Crippen LogP contribution is -2.19. The number of carbonyl (C=O) groups excluding carboxylic acids is 2. The van der Waals surface area contributed by atoms with E-state index in [1.54, 1.807) is 24.3 Å². The first kappa shape index (κ1) is 19.5. The third kappa shape index (κ3) is 3.71. The molecule has 2 aromatic carbocycles. The third-order valence-electron chi connectivity index (χ3n) is 5.09. The molecule has 6 heteroatoms. The summed E-state index contributed by atoms with van der Waals surface area (Å²) < 4.78 is 5.20. The van der Waals surface area contributed by atoms with Crippen LogP contribution in [0.5, 0.6) is 0 Å². The maximum absolute atomic E-state index is 12.6. The number of Topliss-reactive ketones (excluding diaryl/α,β-unsaturated/α-hetero) is 1. The van der Waals surface area contributed by atoms with E-state index in [1.165, 1.54) is 0 Å². The lowest BCUT2D eigenvalue weighted by molar-refractivity contribution is -0.141. The van der Waals surface area contributed by atoms with Crippen molar-refractivity contribution >= 4 is 22.5 Å². The second-order valence-corrected chi connectivity index (χ2v) is 6.94. The fraction of sp³-hybridized carbons (Fsp3) is 0.273. The highest BCUT2D eigenvalue weighted by atomic mass is 16.5. The average molecular weight is 378 g/mol. The molecule has 144 valence electrons. The first-order valence-electron chi connectivity index (χ1n) is 9.02. The third-order valence-corrected chi connectivity index (χ3v) is 5.09. The summed E-state index contributed by atoms with van der Waals surface area (Å²) in [4.78, 5) is 36.7. The van der Waals surface area contributed by atoms with E-state index in [0.29, 0.717) is 22.0 Å². The lowest BCUT2D eigenvalue weighted by Gasteiger charge is -2.14. The zero-order chi connectivity index (χ0) is 20.4. The van der Waals surface area contributed by atoms with Crippen LogP contribution in [0.3, 0.4) is 0 Å². The summed E-state index contributed by atoms with van der Waals surface area (Å²) in [7, 11) is 0. The summed E-state index contributed by atoms with van der Waals surface area (Å²) in [6.45, 7) is 7.43. The standard InChI is InChI=1S/C22H22N2O4/c1-12-9-13(2)21(15(4)14(12)3)19(25)11-28-20(26)10-18-16-7-5-6-8-17(16)22(27)24-23-18/h5-9H,10-11H2,1-4H3,(H,24,27). The van der Waals surface area contributed by atoms with Crippen LogP contribution in [0.25, 0.3) is 10.8 Å². The zero-order valence-electron chi connectivity index (χ0n) is 16.4. The van der Waals surface area contributed by atoms with Gasteiger partial charge in [-0.15, -0.1) is 0 Å². The number of nitrogens with zero attached hydrogens (tertiary/aromatic N) is 1. The van der Waals surface area contributed by atoms with Gasteiger partial charge in [-0.1, -0.05) is 24.3 Å². The minimum absolute atomic E-state index is 0.130. The Balaban J connectivity index is 1.74. The molecule has 0 aliphatic rings. The number of carbonyl (C=O) groups is 2. The molecule has 0 unspecified atom stereocenters. The van der Waals surface area contributed by atoms with Crippen molar-refractivity contribution in [2.45, 2.75) is 34.1 Å². The van der Waals surface area contributed by atoms with E-state index < -0.39 is 5.97 Å². The van der Waals surface area contributed by atoms with Crippen LogP contribution in [-0.2, 0) is 16.0 Å².